The molecule has 1 atom stereocenters. The van der Waals surface area contributed by atoms with Crippen LogP contribution < -0.4 is 10.2 Å². The van der Waals surface area contributed by atoms with Crippen LogP contribution in [0.15, 0.2) is 78.9 Å². The Bertz CT molecular complexity index is 1330. The maximum Gasteiger partial charge on any atom is 0.271 e. The van der Waals surface area contributed by atoms with E-state index in [0.29, 0.717) is 22.8 Å². The van der Waals surface area contributed by atoms with Gasteiger partial charge in [0.05, 0.1) is 10.7 Å². The highest BCUT2D eigenvalue weighted by Crippen LogP contribution is 2.34. The smallest absolute Gasteiger partial charge is 0.271 e. The summed E-state index contributed by atoms with van der Waals surface area (Å²) in [7, 11) is 0. The van der Waals surface area contributed by atoms with Crippen molar-refractivity contribution in [1.82, 2.24) is 10.3 Å². The summed E-state index contributed by atoms with van der Waals surface area (Å²) in [6.07, 6.45) is 0. The van der Waals surface area contributed by atoms with E-state index < -0.39 is 6.04 Å². The Hall–Kier alpha value is -3.77. The highest BCUT2D eigenvalue weighted by atomic mass is 32.1. The first kappa shape index (κ1) is 24.4. The van der Waals surface area contributed by atoms with E-state index in [0.717, 1.165) is 27.3 Å². The summed E-state index contributed by atoms with van der Waals surface area (Å²) < 4.78 is 0. The highest BCUT2D eigenvalue weighted by molar-refractivity contribution is 7.13. The molecular formula is C29H29N3O2S. The number of nitrogens with one attached hydrogen (secondary N) is 1. The SMILES string of the molecule is Cc1nc(C)c(C(=O)N(c2cccc(C)c2C)C(C(=O)NCc2ccccc2)c2ccccc2)s1. The molecule has 0 spiro atoms. The molecule has 0 aliphatic rings. The van der Waals surface area contributed by atoms with Crippen LogP contribution in [0.2, 0.25) is 0 Å². The number of aromatic nitrogens is 1. The van der Waals surface area contributed by atoms with Crippen molar-refractivity contribution in [2.24, 2.45) is 0 Å². The number of hydrogen-bond donors (Lipinski definition) is 1. The summed E-state index contributed by atoms with van der Waals surface area (Å²) in [6, 6.07) is 24.2. The van der Waals surface area contributed by atoms with Crippen molar-refractivity contribution in [3.8, 4) is 0 Å². The van der Waals surface area contributed by atoms with Crippen LogP contribution in [0.1, 0.15) is 48.7 Å². The quantitative estimate of drug-likeness (QED) is 0.346. The molecule has 35 heavy (non-hydrogen) atoms. The van der Waals surface area contributed by atoms with Gasteiger partial charge in [-0.15, -0.1) is 11.3 Å². The lowest BCUT2D eigenvalue weighted by Gasteiger charge is -2.32. The van der Waals surface area contributed by atoms with Gasteiger partial charge in [0.1, 0.15) is 10.9 Å². The second kappa shape index (κ2) is 10.7. The fourth-order valence-corrected chi connectivity index (χ4v) is 4.99. The molecule has 0 saturated carbocycles. The number of hydrogen-bond acceptors (Lipinski definition) is 4. The van der Waals surface area contributed by atoms with Crippen molar-refractivity contribution in [2.45, 2.75) is 40.3 Å². The summed E-state index contributed by atoms with van der Waals surface area (Å²) in [4.78, 5) is 34.6. The van der Waals surface area contributed by atoms with Crippen LogP contribution >= 0.6 is 11.3 Å². The number of amides is 2. The molecule has 4 rings (SSSR count). The number of benzene rings is 3. The van der Waals surface area contributed by atoms with Crippen LogP contribution in [0, 0.1) is 27.7 Å². The van der Waals surface area contributed by atoms with Crippen molar-refractivity contribution < 1.29 is 9.59 Å². The molecule has 2 amide bonds. The van der Waals surface area contributed by atoms with E-state index in [4.69, 9.17) is 0 Å². The van der Waals surface area contributed by atoms with Gasteiger partial charge in [0.2, 0.25) is 5.91 Å². The number of aryl methyl sites for hydroxylation is 3. The first-order valence-electron chi connectivity index (χ1n) is 11.6. The molecule has 3 aromatic carbocycles. The van der Waals surface area contributed by atoms with E-state index in [1.165, 1.54) is 11.3 Å². The molecule has 1 N–H and O–H groups in total. The second-order valence-electron chi connectivity index (χ2n) is 8.56. The monoisotopic (exact) mass is 483 g/mol. The molecule has 1 heterocycles. The molecule has 0 aliphatic heterocycles. The molecule has 178 valence electrons. The first-order chi connectivity index (χ1) is 16.9. The number of anilines is 1. The predicted molar refractivity (Wildman–Crippen MR) is 142 cm³/mol. The van der Waals surface area contributed by atoms with Crippen LogP contribution in [0.3, 0.4) is 0 Å². The molecule has 1 unspecified atom stereocenters. The molecule has 4 aromatic rings. The zero-order valence-corrected chi connectivity index (χ0v) is 21.2. The maximum absolute atomic E-state index is 14.2. The van der Waals surface area contributed by atoms with E-state index in [-0.39, 0.29) is 11.8 Å². The van der Waals surface area contributed by atoms with Crippen LogP contribution in [0.25, 0.3) is 0 Å². The second-order valence-corrected chi connectivity index (χ2v) is 9.76. The average molecular weight is 484 g/mol. The van der Waals surface area contributed by atoms with Crippen molar-refractivity contribution in [1.29, 1.82) is 0 Å². The Morgan fingerprint density at radius 1 is 0.886 bits per heavy atom. The Kier molecular flexibility index (Phi) is 7.42. The van der Waals surface area contributed by atoms with Gasteiger partial charge in [-0.25, -0.2) is 4.98 Å². The predicted octanol–water partition coefficient (Wildman–Crippen LogP) is 6.08. The van der Waals surface area contributed by atoms with Gasteiger partial charge in [0, 0.05) is 12.2 Å². The van der Waals surface area contributed by atoms with Gasteiger partial charge in [-0.1, -0.05) is 72.8 Å². The number of carbonyl (C=O) groups is 2. The number of rotatable bonds is 7. The lowest BCUT2D eigenvalue weighted by Crippen LogP contribution is -2.44. The Labute approximate surface area is 210 Å². The fraction of sp³-hybridized carbons (Fsp3) is 0.207. The van der Waals surface area contributed by atoms with Crippen LogP contribution in [-0.4, -0.2) is 16.8 Å². The van der Waals surface area contributed by atoms with Crippen molar-refractivity contribution >= 4 is 28.8 Å². The summed E-state index contributed by atoms with van der Waals surface area (Å²) >= 11 is 1.36. The summed E-state index contributed by atoms with van der Waals surface area (Å²) in [5, 5.41) is 3.88. The molecule has 0 bridgehead atoms. The van der Waals surface area contributed by atoms with Gasteiger partial charge in [-0.05, 0) is 56.0 Å². The minimum absolute atomic E-state index is 0.231. The van der Waals surface area contributed by atoms with Crippen molar-refractivity contribution in [3.63, 3.8) is 0 Å². The van der Waals surface area contributed by atoms with Crippen LogP contribution in [0.4, 0.5) is 5.69 Å². The van der Waals surface area contributed by atoms with Gasteiger partial charge in [-0.2, -0.15) is 0 Å². The van der Waals surface area contributed by atoms with Crippen molar-refractivity contribution in [2.75, 3.05) is 4.90 Å². The van der Waals surface area contributed by atoms with E-state index in [1.807, 2.05) is 107 Å². The number of carbonyl (C=O) groups excluding carboxylic acids is 2. The molecule has 0 aliphatic carbocycles. The zero-order chi connectivity index (χ0) is 24.9. The Morgan fingerprint density at radius 2 is 1.54 bits per heavy atom. The summed E-state index contributed by atoms with van der Waals surface area (Å²) in [5.41, 5.74) is 5.12. The molecule has 0 saturated heterocycles. The average Bonchev–Trinajstić information content (AvgIpc) is 3.21. The van der Waals surface area contributed by atoms with E-state index in [1.54, 1.807) is 4.90 Å². The lowest BCUT2D eigenvalue weighted by atomic mass is 10.00. The maximum atomic E-state index is 14.2. The van der Waals surface area contributed by atoms with Gasteiger partial charge >= 0.3 is 0 Å². The molecule has 6 heteroatoms. The third kappa shape index (κ3) is 5.33. The standard InChI is InChI=1S/C29H29N3O2S/c1-19-12-11-17-25(20(19)2)32(29(34)27-21(3)31-22(4)35-27)26(24-15-9-6-10-16-24)28(33)30-18-23-13-7-5-8-14-23/h5-17,26H,18H2,1-4H3,(H,30,33). The first-order valence-corrected chi connectivity index (χ1v) is 12.4. The molecular weight excluding hydrogens is 454 g/mol. The largest absolute Gasteiger partial charge is 0.350 e. The number of thiazole rings is 1. The molecule has 1 aromatic heterocycles. The fourth-order valence-electron chi connectivity index (χ4n) is 4.14. The van der Waals surface area contributed by atoms with Crippen molar-refractivity contribution in [3.05, 3.63) is 117 Å². The topological polar surface area (TPSA) is 62.3 Å². The van der Waals surface area contributed by atoms with Gasteiger partial charge in [0.15, 0.2) is 0 Å². The van der Waals surface area contributed by atoms with E-state index >= 15 is 0 Å². The third-order valence-electron chi connectivity index (χ3n) is 6.08. The third-order valence-corrected chi connectivity index (χ3v) is 7.14. The van der Waals surface area contributed by atoms with Gasteiger partial charge < -0.3 is 5.32 Å². The minimum atomic E-state index is -0.852. The summed E-state index contributed by atoms with van der Waals surface area (Å²) in [5.74, 6) is -0.473. The Balaban J connectivity index is 1.83. The zero-order valence-electron chi connectivity index (χ0n) is 20.4. The molecule has 5 nitrogen and oxygen atoms in total. The highest BCUT2D eigenvalue weighted by Gasteiger charge is 2.35. The van der Waals surface area contributed by atoms with Crippen LogP contribution in [0.5, 0.6) is 0 Å². The molecule has 0 fully saturated rings. The normalized spacial score (nSPS) is 11.7. The van der Waals surface area contributed by atoms with Crippen LogP contribution in [-0.2, 0) is 11.3 Å². The van der Waals surface area contributed by atoms with E-state index in [2.05, 4.69) is 10.3 Å². The number of nitrogens with zero attached hydrogens (tertiary/aromatic N) is 2. The van der Waals surface area contributed by atoms with E-state index in [9.17, 15) is 9.59 Å². The van der Waals surface area contributed by atoms with Gasteiger partial charge in [0.25, 0.3) is 5.91 Å². The summed E-state index contributed by atoms with van der Waals surface area (Å²) in [6.45, 7) is 8.09. The Morgan fingerprint density at radius 3 is 2.17 bits per heavy atom. The molecule has 0 radical (unpaired) electrons. The van der Waals surface area contributed by atoms with Gasteiger partial charge in [-0.3, -0.25) is 14.5 Å². The lowest BCUT2D eigenvalue weighted by molar-refractivity contribution is -0.122. The minimum Gasteiger partial charge on any atom is -0.350 e.